The van der Waals surface area contributed by atoms with Gasteiger partial charge in [-0.15, -0.1) is 11.4 Å². The van der Waals surface area contributed by atoms with Crippen LogP contribution in [0.3, 0.4) is 0 Å². The maximum absolute atomic E-state index is 4.99. The molecule has 0 radical (unpaired) electrons. The van der Waals surface area contributed by atoms with Crippen LogP contribution >= 0.6 is 0 Å². The third kappa shape index (κ3) is 7.64. The molecule has 0 aliphatic carbocycles. The zero-order valence-electron chi connectivity index (χ0n) is 36.1. The second kappa shape index (κ2) is 18.1. The van der Waals surface area contributed by atoms with Crippen molar-refractivity contribution in [3.63, 3.8) is 0 Å². The summed E-state index contributed by atoms with van der Waals surface area (Å²) < 4.78 is 4.64. The summed E-state index contributed by atoms with van der Waals surface area (Å²) in [6.07, 6.45) is 0. The Kier molecular flexibility index (Phi) is 12.9. The van der Waals surface area contributed by atoms with Crippen LogP contribution in [0.2, 0.25) is 0 Å². The quantitative estimate of drug-likeness (QED) is 0.107. The fraction of sp³-hybridized carbons (Fsp3) is 0.218. The molecule has 2 aliphatic heterocycles. The predicted octanol–water partition coefficient (Wildman–Crippen LogP) is 12.7. The van der Waals surface area contributed by atoms with Gasteiger partial charge < -0.3 is 5.32 Å². The number of fused-ring (bicyclic) bond motifs is 3. The van der Waals surface area contributed by atoms with Crippen molar-refractivity contribution in [2.24, 2.45) is 0 Å². The van der Waals surface area contributed by atoms with Gasteiger partial charge >= 0.3 is 28.4 Å². The molecule has 2 heterocycles. The molecule has 0 aromatic heterocycles. The fourth-order valence-electron chi connectivity index (χ4n) is 9.15. The van der Waals surface area contributed by atoms with Gasteiger partial charge in [-0.3, -0.25) is 0 Å². The third-order valence-corrected chi connectivity index (χ3v) is 16.8. The molecule has 0 saturated carbocycles. The summed E-state index contributed by atoms with van der Waals surface area (Å²) in [7, 11) is -2.37. The van der Waals surface area contributed by atoms with E-state index in [1.54, 1.807) is 0 Å². The van der Waals surface area contributed by atoms with Gasteiger partial charge in [0.1, 0.15) is 0 Å². The average Bonchev–Trinajstić information content (AvgIpc) is 3.64. The van der Waals surface area contributed by atoms with Crippen molar-refractivity contribution in [1.82, 2.24) is 9.15 Å². The van der Waals surface area contributed by atoms with E-state index in [1.807, 2.05) is 0 Å². The maximum Gasteiger partial charge on any atom is 1.00 e. The molecule has 0 unspecified atom stereocenters. The van der Waals surface area contributed by atoms with Crippen LogP contribution < -0.4 is 29.9 Å². The van der Waals surface area contributed by atoms with Crippen LogP contribution in [0.25, 0.3) is 5.32 Å². The first-order chi connectivity index (χ1) is 28.6. The van der Waals surface area contributed by atoms with Gasteiger partial charge in [0.2, 0.25) is 11.4 Å². The predicted molar refractivity (Wildman–Crippen MR) is 256 cm³/mol. The topological polar surface area (TPSA) is 20.1 Å². The number of rotatable bonds is 8. The van der Waals surface area contributed by atoms with Gasteiger partial charge in [0, 0.05) is 34.4 Å². The molecule has 3 nitrogen and oxygen atoms in total. The minimum absolute atomic E-state index is 0. The van der Waals surface area contributed by atoms with Gasteiger partial charge in [-0.2, -0.15) is 0 Å². The van der Waals surface area contributed by atoms with Crippen LogP contribution in [0.1, 0.15) is 101 Å². The first-order valence-electron chi connectivity index (χ1n) is 21.4. The van der Waals surface area contributed by atoms with Crippen LogP contribution in [-0.4, -0.2) is 14.1 Å². The Hall–Kier alpha value is -5.32. The minimum atomic E-state index is -2.37. The number of benzene rings is 7. The SMILES string of the molecule is CC(C)c1cccc(C(C)C)c1[N+]1=C=[N+](c2c(C(C)C)cccc2C(C)C)c2ccccc21.[Au+].c1ccc([Si]2(c3ccccc3)c3ccccc3[N-]c3ccccc32)cc1. The zero-order valence-corrected chi connectivity index (χ0v) is 39.3. The van der Waals surface area contributed by atoms with E-state index in [1.165, 1.54) is 65.8 Å². The van der Waals surface area contributed by atoms with E-state index in [4.69, 9.17) is 5.32 Å². The van der Waals surface area contributed by atoms with Crippen LogP contribution in [0.5, 0.6) is 0 Å². The van der Waals surface area contributed by atoms with E-state index in [2.05, 4.69) is 240 Å². The average molecular weight is 984 g/mol. The number of nitrogens with zero attached hydrogens (tertiary/aromatic N) is 3. The Bertz CT molecular complexity index is 2460. The molecule has 5 heteroatoms. The standard InChI is InChI=1S/C31H38N2.C24H18NSi.Au/c1-20(2)24-13-11-14-25(21(3)4)30(24)32-19-33(29-18-10-9-17-28(29)32)31-26(22(5)6)15-12-16-27(31)23(7)8;1-3-11-19(12-4-1)26(20-13-5-2-6-14-20)23-17-9-7-15-21(23)25-22-16-8-10-18-24(22)26;/h9-18,20-23H,1-8H3;1-18H;/q+2;-1;+1. The van der Waals surface area contributed by atoms with Crippen molar-refractivity contribution < 1.29 is 22.4 Å². The number of hydrogen-bond acceptors (Lipinski definition) is 0. The van der Waals surface area contributed by atoms with Crippen LogP contribution in [0.4, 0.5) is 34.1 Å². The molecule has 304 valence electrons. The Morgan fingerprint density at radius 1 is 0.383 bits per heavy atom. The van der Waals surface area contributed by atoms with Crippen molar-refractivity contribution in [2.75, 3.05) is 0 Å². The van der Waals surface area contributed by atoms with Gasteiger partial charge in [-0.1, -0.05) is 223 Å². The molecule has 0 bridgehead atoms. The largest absolute Gasteiger partial charge is 1.00 e. The Balaban J connectivity index is 0.000000183. The number of para-hydroxylation sites is 6. The summed E-state index contributed by atoms with van der Waals surface area (Å²) in [5.74, 6) is 1.71. The van der Waals surface area contributed by atoms with Crippen LogP contribution in [0, 0.1) is 0 Å². The van der Waals surface area contributed by atoms with Crippen LogP contribution in [0.15, 0.2) is 170 Å². The van der Waals surface area contributed by atoms with E-state index >= 15 is 0 Å². The van der Waals surface area contributed by atoms with Crippen molar-refractivity contribution in [3.05, 3.63) is 197 Å². The fourth-order valence-corrected chi connectivity index (χ4v) is 14.1. The molecule has 0 fully saturated rings. The summed E-state index contributed by atoms with van der Waals surface area (Å²) in [4.78, 5) is 0. The molecule has 7 aromatic carbocycles. The molecular formula is C55H56AuN3Si+2. The second-order valence-corrected chi connectivity index (χ2v) is 20.8. The summed E-state index contributed by atoms with van der Waals surface area (Å²) in [5.41, 5.74) is 12.6. The van der Waals surface area contributed by atoms with Gasteiger partial charge in [-0.25, -0.2) is 0 Å². The van der Waals surface area contributed by atoms with E-state index in [9.17, 15) is 0 Å². The molecule has 9 rings (SSSR count). The Labute approximate surface area is 374 Å². The monoisotopic (exact) mass is 983 g/mol. The molecule has 0 saturated heterocycles. The molecular weight excluding hydrogens is 928 g/mol. The first kappa shape index (κ1) is 42.8. The number of hydrogen-bond donors (Lipinski definition) is 0. The van der Waals surface area contributed by atoms with E-state index in [0.717, 1.165) is 11.4 Å². The molecule has 60 heavy (non-hydrogen) atoms. The molecule has 0 N–H and O–H groups in total. The van der Waals surface area contributed by atoms with Crippen LogP contribution in [-0.2, 0) is 22.4 Å². The summed E-state index contributed by atoms with van der Waals surface area (Å²) in [6, 6.07) is 65.4. The Morgan fingerprint density at radius 2 is 0.700 bits per heavy atom. The van der Waals surface area contributed by atoms with Gasteiger partial charge in [0.15, 0.2) is 8.07 Å². The minimum Gasteiger partial charge on any atom is -0.658 e. The smallest absolute Gasteiger partial charge is 0.658 e. The maximum atomic E-state index is 4.99. The van der Waals surface area contributed by atoms with Gasteiger partial charge in [-0.05, 0) is 43.2 Å². The van der Waals surface area contributed by atoms with E-state index < -0.39 is 8.07 Å². The zero-order chi connectivity index (χ0) is 41.3. The second-order valence-electron chi connectivity index (χ2n) is 17.1. The van der Waals surface area contributed by atoms with Crippen molar-refractivity contribution in [3.8, 4) is 0 Å². The van der Waals surface area contributed by atoms with Crippen molar-refractivity contribution in [1.29, 1.82) is 0 Å². The normalized spacial score (nSPS) is 13.3. The van der Waals surface area contributed by atoms with Gasteiger partial charge in [0.05, 0.1) is 0 Å². The third-order valence-electron chi connectivity index (χ3n) is 12.0. The molecule has 0 spiro atoms. The molecule has 2 aliphatic rings. The summed E-state index contributed by atoms with van der Waals surface area (Å²) >= 11 is 0. The van der Waals surface area contributed by atoms with E-state index in [0.29, 0.717) is 23.7 Å². The first-order valence-corrected chi connectivity index (χ1v) is 23.4. The Morgan fingerprint density at radius 3 is 1.05 bits per heavy atom. The molecule has 0 atom stereocenters. The summed E-state index contributed by atoms with van der Waals surface area (Å²) in [6.45, 7) is 18.3. The summed E-state index contributed by atoms with van der Waals surface area (Å²) in [5, 5.41) is 10.5. The van der Waals surface area contributed by atoms with E-state index in [-0.39, 0.29) is 22.4 Å². The van der Waals surface area contributed by atoms with Crippen molar-refractivity contribution in [2.45, 2.75) is 79.1 Å². The molecule has 7 aromatic rings. The van der Waals surface area contributed by atoms with Gasteiger partial charge in [0.25, 0.3) is 11.4 Å². The molecule has 0 amide bonds. The van der Waals surface area contributed by atoms with Crippen molar-refractivity contribution >= 4 is 69.0 Å².